The van der Waals surface area contributed by atoms with Crippen molar-refractivity contribution in [3.63, 3.8) is 0 Å². The first-order valence-corrected chi connectivity index (χ1v) is 7.64. The van der Waals surface area contributed by atoms with Crippen LogP contribution in [-0.4, -0.2) is 12.3 Å². The second kappa shape index (κ2) is 4.65. The molecule has 0 aromatic heterocycles. The lowest BCUT2D eigenvalue weighted by molar-refractivity contribution is 4.32. The van der Waals surface area contributed by atoms with Gasteiger partial charge in [-0.2, -0.15) is 0 Å². The molecule has 0 atom stereocenters. The summed E-state index contributed by atoms with van der Waals surface area (Å²) in [5.41, 5.74) is 0. The maximum Gasteiger partial charge on any atom is 0.333 e. The van der Waals surface area contributed by atoms with Crippen LogP contribution in [0.3, 0.4) is 0 Å². The van der Waals surface area contributed by atoms with Crippen LogP contribution < -0.4 is 0 Å². The Morgan fingerprint density at radius 1 is 0.667 bits per heavy atom. The molecular weight excluding hydrogens is 368 g/mol. The molecule has 0 radical (unpaired) electrons. The van der Waals surface area contributed by atoms with Crippen molar-refractivity contribution in [2.45, 2.75) is 0 Å². The van der Waals surface area contributed by atoms with Crippen LogP contribution in [-0.2, 0) is 0 Å². The number of halogens is 3. The second-order valence-electron chi connectivity index (χ2n) is 1.23. The molecule has 48 valence electrons. The Kier molecular flexibility index (Phi) is 5.05. The van der Waals surface area contributed by atoms with Gasteiger partial charge in [-0.3, -0.25) is 0 Å². The molecule has 0 N–H and O–H groups in total. The highest BCUT2D eigenvalue weighted by Gasteiger charge is 2.33. The zero-order chi connectivity index (χ0) is 6.85. The van der Waals surface area contributed by atoms with Crippen molar-refractivity contribution in [2.75, 3.05) is 0 Å². The van der Waals surface area contributed by atoms with Gasteiger partial charge in [0.2, 0.25) is 0 Å². The van der Waals surface area contributed by atoms with E-state index in [9.17, 15) is 0 Å². The van der Waals surface area contributed by atoms with E-state index in [-0.39, 0.29) is 0 Å². The molecule has 0 aromatic carbocycles. The van der Waals surface area contributed by atoms with Gasteiger partial charge in [0.15, 0.2) is 0 Å². The number of hydrogen-bond donors (Lipinski definition) is 0. The molecule has 0 spiro atoms. The summed E-state index contributed by atoms with van der Waals surface area (Å²) in [6, 6.07) is 0. The molecule has 1 aliphatic rings. The molecule has 9 heavy (non-hydrogen) atoms. The molecule has 0 nitrogen and oxygen atoms in total. The van der Waals surface area contributed by atoms with Crippen LogP contribution in [0, 0.1) is 0 Å². The predicted molar refractivity (Wildman–Crippen MR) is 66.8 cm³/mol. The van der Waals surface area contributed by atoms with E-state index < -0.39 is 0 Å². The highest BCUT2D eigenvalue weighted by atomic mass is 79.9. The van der Waals surface area contributed by atoms with E-state index in [0.29, 0.717) is 12.3 Å². The predicted octanol–water partition coefficient (Wildman–Crippen LogP) is 3.34. The normalized spacial score (nSPS) is 21.0. The van der Waals surface area contributed by atoms with Crippen LogP contribution in [0.15, 0.2) is 0 Å². The van der Waals surface area contributed by atoms with Crippen LogP contribution >= 0.6 is 81.7 Å². The molecule has 1 fully saturated rings. The minimum Gasteiger partial charge on any atom is -0.207 e. The van der Waals surface area contributed by atoms with Gasteiger partial charge in [0.25, 0.3) is 0 Å². The van der Waals surface area contributed by atoms with Gasteiger partial charge in [-0.15, -0.1) is 47.3 Å². The molecule has 0 aromatic rings. The SMILES string of the molecule is BrB1SB(Br)SB(Br)S1. The van der Waals surface area contributed by atoms with Crippen LogP contribution in [0.2, 0.25) is 0 Å². The van der Waals surface area contributed by atoms with Gasteiger partial charge in [0.05, 0.1) is 0 Å². The van der Waals surface area contributed by atoms with Crippen molar-refractivity contribution in [1.82, 2.24) is 0 Å². The van der Waals surface area contributed by atoms with E-state index in [2.05, 4.69) is 47.3 Å². The molecule has 0 unspecified atom stereocenters. The minimum absolute atomic E-state index is 0.521. The summed E-state index contributed by atoms with van der Waals surface area (Å²) in [4.78, 5) is 0. The zero-order valence-electron chi connectivity index (χ0n) is 4.09. The van der Waals surface area contributed by atoms with Crippen LogP contribution in [0.1, 0.15) is 0 Å². The fourth-order valence-corrected chi connectivity index (χ4v) is 13.3. The van der Waals surface area contributed by atoms with E-state index in [1.165, 1.54) is 0 Å². The van der Waals surface area contributed by atoms with E-state index >= 15 is 0 Å². The Hall–Kier alpha value is 2.68. The second-order valence-corrected chi connectivity index (χ2v) is 12.2. The van der Waals surface area contributed by atoms with Crippen molar-refractivity contribution in [1.29, 1.82) is 0 Å². The molecule has 1 saturated heterocycles. The molecule has 0 saturated carbocycles. The first-order chi connectivity index (χ1) is 4.18. The van der Waals surface area contributed by atoms with Gasteiger partial charge in [-0.25, -0.2) is 34.4 Å². The fourth-order valence-electron chi connectivity index (χ4n) is 0.349. The summed E-state index contributed by atoms with van der Waals surface area (Å²) < 4.78 is 1.56. The highest BCUT2D eigenvalue weighted by molar-refractivity contribution is 9.52. The van der Waals surface area contributed by atoms with Crippen LogP contribution in [0.5, 0.6) is 0 Å². The summed E-state index contributed by atoms with van der Waals surface area (Å²) in [6.45, 7) is 0. The van der Waals surface area contributed by atoms with Gasteiger partial charge >= 0.3 is 12.3 Å². The van der Waals surface area contributed by atoms with Gasteiger partial charge in [-0.1, -0.05) is 0 Å². The molecule has 1 rings (SSSR count). The first kappa shape index (κ1) is 9.77. The lowest BCUT2D eigenvalue weighted by Gasteiger charge is -2.18. The van der Waals surface area contributed by atoms with E-state index in [0.717, 1.165) is 0 Å². The Balaban J connectivity index is 2.34. The van der Waals surface area contributed by atoms with E-state index in [4.69, 9.17) is 0 Å². The summed E-state index contributed by atoms with van der Waals surface area (Å²) in [5, 5.41) is 0. The molecular formula is B3Br3S3. The molecule has 1 aliphatic heterocycles. The summed E-state index contributed by atoms with van der Waals surface area (Å²) in [6.07, 6.45) is 0. The largest absolute Gasteiger partial charge is 0.333 e. The number of rotatable bonds is 0. The lowest BCUT2D eigenvalue weighted by Crippen LogP contribution is -2.15. The van der Waals surface area contributed by atoms with E-state index in [1.54, 1.807) is 0 Å². The summed E-state index contributed by atoms with van der Waals surface area (Å²) in [5.74, 6) is 0. The third-order valence-electron chi connectivity index (χ3n) is 0.642. The van der Waals surface area contributed by atoms with Gasteiger partial charge < -0.3 is 0 Å². The van der Waals surface area contributed by atoms with Crippen molar-refractivity contribution >= 4 is 93.9 Å². The Labute approximate surface area is 92.7 Å². The minimum atomic E-state index is 0.521. The lowest BCUT2D eigenvalue weighted by atomic mass is 10.6. The topological polar surface area (TPSA) is 0 Å². The highest BCUT2D eigenvalue weighted by Crippen LogP contribution is 2.46. The smallest absolute Gasteiger partial charge is 0.207 e. The Morgan fingerprint density at radius 2 is 0.889 bits per heavy atom. The first-order valence-electron chi connectivity index (χ1n) is 2.07. The molecule has 0 amide bonds. The molecule has 9 heteroatoms. The Morgan fingerprint density at radius 3 is 1.11 bits per heavy atom. The van der Waals surface area contributed by atoms with Crippen LogP contribution in [0.25, 0.3) is 0 Å². The molecule has 1 heterocycles. The average molecular weight is 368 g/mol. The average Bonchev–Trinajstić information content (AvgIpc) is 1.59. The third-order valence-corrected chi connectivity index (χ3v) is 7.81. The standard InChI is InChI=1S/B3Br3S3/c4-1-7-2(5)9-3(6)8-1. The van der Waals surface area contributed by atoms with Crippen molar-refractivity contribution in [3.05, 3.63) is 0 Å². The quantitative estimate of drug-likeness (QED) is 0.602. The summed E-state index contributed by atoms with van der Waals surface area (Å²) >= 11 is 16.2. The maximum atomic E-state index is 3.52. The van der Waals surface area contributed by atoms with Crippen molar-refractivity contribution in [2.24, 2.45) is 0 Å². The van der Waals surface area contributed by atoms with E-state index in [1.807, 2.05) is 34.4 Å². The Bertz CT molecular complexity index is 75.3. The van der Waals surface area contributed by atoms with Gasteiger partial charge in [-0.05, 0) is 0 Å². The van der Waals surface area contributed by atoms with Crippen LogP contribution in [0.4, 0.5) is 0 Å². The fraction of sp³-hybridized carbons (Fsp3) is 0. The summed E-state index contributed by atoms with van der Waals surface area (Å²) in [7, 11) is 0. The third kappa shape index (κ3) is 3.74. The number of hydrogen-bond acceptors (Lipinski definition) is 3. The van der Waals surface area contributed by atoms with Crippen molar-refractivity contribution < 1.29 is 0 Å². The molecule has 0 aliphatic carbocycles. The molecule has 0 bridgehead atoms. The monoisotopic (exact) mass is 366 g/mol. The maximum absolute atomic E-state index is 3.52. The van der Waals surface area contributed by atoms with Gasteiger partial charge in [0, 0.05) is 0 Å². The zero-order valence-corrected chi connectivity index (χ0v) is 11.3. The van der Waals surface area contributed by atoms with Gasteiger partial charge in [0.1, 0.15) is 0 Å². The van der Waals surface area contributed by atoms with Crippen molar-refractivity contribution in [3.8, 4) is 0 Å².